The summed E-state index contributed by atoms with van der Waals surface area (Å²) in [5.74, 6) is 0. The van der Waals surface area contributed by atoms with E-state index in [1.807, 2.05) is 5.06 Å². The standard InChI is InChI=1S/C20H39NO4/c1-5-19(6-2)15-17(16-20(7-3,8-4)21(19)22)23-13-14-25-18-11-9-10-12-24-18/h17-18,22H,5-16H2,1-4H3/p+1. The Bertz CT molecular complexity index is 354. The van der Waals surface area contributed by atoms with E-state index in [0.29, 0.717) is 13.2 Å². The average Bonchev–Trinajstić information content (AvgIpc) is 2.67. The van der Waals surface area contributed by atoms with Crippen molar-refractivity contribution in [3.05, 3.63) is 0 Å². The summed E-state index contributed by atoms with van der Waals surface area (Å²) in [6.07, 6.45) is 9.43. The van der Waals surface area contributed by atoms with E-state index in [-0.39, 0.29) is 23.5 Å². The topological polar surface area (TPSA) is 53.8 Å². The van der Waals surface area contributed by atoms with Gasteiger partial charge in [-0.25, -0.2) is 0 Å². The Kier molecular flexibility index (Phi) is 8.15. The van der Waals surface area contributed by atoms with Crippen molar-refractivity contribution in [2.45, 2.75) is 109 Å². The fourth-order valence-electron chi connectivity index (χ4n) is 4.67. The first-order valence-corrected chi connectivity index (χ1v) is 10.4. The largest absolute Gasteiger partial charge is 0.376 e. The zero-order valence-electron chi connectivity index (χ0n) is 16.8. The summed E-state index contributed by atoms with van der Waals surface area (Å²) in [5.41, 5.74) is -0.134. The lowest BCUT2D eigenvalue weighted by molar-refractivity contribution is -0.285. The number of hydrogen-bond donors (Lipinski definition) is 0. The van der Waals surface area contributed by atoms with Crippen LogP contribution in [0.1, 0.15) is 85.5 Å². The van der Waals surface area contributed by atoms with Crippen LogP contribution in [0.3, 0.4) is 0 Å². The summed E-state index contributed by atoms with van der Waals surface area (Å²) in [6.45, 7) is 10.9. The van der Waals surface area contributed by atoms with E-state index in [0.717, 1.165) is 58.0 Å². The average molecular weight is 359 g/mol. The molecule has 5 heteroatoms. The Hall–Kier alpha value is -0.200. The molecule has 2 aliphatic rings. The fraction of sp³-hybridized carbons (Fsp3) is 1.00. The molecule has 2 rings (SSSR count). The van der Waals surface area contributed by atoms with Gasteiger partial charge in [0.05, 0.1) is 30.4 Å². The molecule has 0 bridgehead atoms. The van der Waals surface area contributed by atoms with Gasteiger partial charge in [0, 0.05) is 6.61 Å². The Labute approximate surface area is 154 Å². The Balaban J connectivity index is 1.90. The van der Waals surface area contributed by atoms with Gasteiger partial charge in [-0.05, 0) is 57.8 Å². The van der Waals surface area contributed by atoms with Crippen LogP contribution in [0.4, 0.5) is 0 Å². The molecule has 2 N–H and O–H groups in total. The van der Waals surface area contributed by atoms with E-state index < -0.39 is 0 Å². The van der Waals surface area contributed by atoms with Crippen LogP contribution in [0, 0.1) is 0 Å². The van der Waals surface area contributed by atoms with Crippen LogP contribution in [0.2, 0.25) is 0 Å². The first kappa shape index (κ1) is 21.1. The molecule has 2 aliphatic heterocycles. The summed E-state index contributed by atoms with van der Waals surface area (Å²) >= 11 is 0. The number of hydroxylamine groups is 2. The summed E-state index contributed by atoms with van der Waals surface area (Å²) in [7, 11) is 0. The van der Waals surface area contributed by atoms with Crippen molar-refractivity contribution in [3.8, 4) is 0 Å². The van der Waals surface area contributed by atoms with Gasteiger partial charge < -0.3 is 19.4 Å². The van der Waals surface area contributed by atoms with Crippen LogP contribution in [0.25, 0.3) is 0 Å². The zero-order chi connectivity index (χ0) is 18.3. The molecule has 2 saturated heterocycles. The number of rotatable bonds is 9. The molecular formula is C20H40NO4+. The molecule has 0 radical (unpaired) electrons. The van der Waals surface area contributed by atoms with Crippen LogP contribution >= 0.6 is 0 Å². The molecule has 0 aromatic carbocycles. The Morgan fingerprint density at radius 2 is 1.48 bits per heavy atom. The van der Waals surface area contributed by atoms with Crippen molar-refractivity contribution in [1.82, 2.24) is 5.06 Å². The van der Waals surface area contributed by atoms with E-state index >= 15 is 0 Å². The molecule has 2 heterocycles. The van der Waals surface area contributed by atoms with Crippen molar-refractivity contribution in [2.24, 2.45) is 0 Å². The van der Waals surface area contributed by atoms with Gasteiger partial charge in [0.25, 0.3) is 0 Å². The summed E-state index contributed by atoms with van der Waals surface area (Å²) in [6, 6.07) is 0. The van der Waals surface area contributed by atoms with Gasteiger partial charge in [-0.1, -0.05) is 32.8 Å². The van der Waals surface area contributed by atoms with Gasteiger partial charge in [-0.2, -0.15) is 0 Å². The number of hydrogen-bond acceptors (Lipinski definition) is 4. The lowest BCUT2D eigenvalue weighted by atomic mass is 9.72. The molecule has 2 fully saturated rings. The van der Waals surface area contributed by atoms with Crippen LogP contribution in [0.15, 0.2) is 0 Å². The highest BCUT2D eigenvalue weighted by Crippen LogP contribution is 2.45. The molecule has 148 valence electrons. The normalized spacial score (nSPS) is 27.5. The first-order valence-electron chi connectivity index (χ1n) is 10.4. The predicted octanol–water partition coefficient (Wildman–Crippen LogP) is 3.77. The SMILES string of the molecule is CCC1(CC)CC(OCCOC2CCCCO2)CC(CC)(CC)N1[OH2+]. The molecule has 5 nitrogen and oxygen atoms in total. The monoisotopic (exact) mass is 358 g/mol. The number of piperidine rings is 1. The number of ether oxygens (including phenoxy) is 3. The highest BCUT2D eigenvalue weighted by atomic mass is 16.7. The lowest BCUT2D eigenvalue weighted by Gasteiger charge is -2.52. The third kappa shape index (κ3) is 4.75. The number of nitrogens with zero attached hydrogens (tertiary/aromatic N) is 1. The third-order valence-corrected chi connectivity index (χ3v) is 6.67. The van der Waals surface area contributed by atoms with Crippen molar-refractivity contribution >= 4 is 0 Å². The van der Waals surface area contributed by atoms with Crippen molar-refractivity contribution in [2.75, 3.05) is 19.8 Å². The molecule has 1 atom stereocenters. The molecule has 0 aromatic rings. The van der Waals surface area contributed by atoms with Crippen LogP contribution in [-0.4, -0.2) is 53.6 Å². The fourth-order valence-corrected chi connectivity index (χ4v) is 4.67. The van der Waals surface area contributed by atoms with Crippen molar-refractivity contribution in [1.29, 1.82) is 0 Å². The van der Waals surface area contributed by atoms with Crippen LogP contribution in [-0.2, 0) is 14.2 Å². The highest BCUT2D eigenvalue weighted by molar-refractivity contribution is 5.03. The summed E-state index contributed by atoms with van der Waals surface area (Å²) < 4.78 is 17.7. The van der Waals surface area contributed by atoms with E-state index in [9.17, 15) is 0 Å². The third-order valence-electron chi connectivity index (χ3n) is 6.67. The predicted molar refractivity (Wildman–Crippen MR) is 101 cm³/mol. The molecule has 0 aliphatic carbocycles. The molecule has 25 heavy (non-hydrogen) atoms. The van der Waals surface area contributed by atoms with Crippen LogP contribution in [0.5, 0.6) is 0 Å². The molecule has 1 unspecified atom stereocenters. The minimum atomic E-state index is -0.0672. The van der Waals surface area contributed by atoms with E-state index in [1.165, 1.54) is 6.42 Å². The maximum absolute atomic E-state index is 8.86. The smallest absolute Gasteiger partial charge is 0.157 e. The molecular weight excluding hydrogens is 318 g/mol. The molecule has 0 amide bonds. The minimum Gasteiger partial charge on any atom is -0.376 e. The van der Waals surface area contributed by atoms with Crippen LogP contribution < -0.4 is 0 Å². The summed E-state index contributed by atoms with van der Waals surface area (Å²) in [4.78, 5) is 0. The van der Waals surface area contributed by atoms with Gasteiger partial charge >= 0.3 is 0 Å². The Morgan fingerprint density at radius 3 is 1.96 bits per heavy atom. The van der Waals surface area contributed by atoms with Gasteiger partial charge in [0.2, 0.25) is 0 Å². The van der Waals surface area contributed by atoms with Gasteiger partial charge in [0.1, 0.15) is 0 Å². The second kappa shape index (κ2) is 9.65. The summed E-state index contributed by atoms with van der Waals surface area (Å²) in [5, 5.41) is 10.8. The van der Waals surface area contributed by atoms with Gasteiger partial charge in [0.15, 0.2) is 6.29 Å². The minimum absolute atomic E-state index is 0.0387. The van der Waals surface area contributed by atoms with E-state index in [1.54, 1.807) is 0 Å². The van der Waals surface area contributed by atoms with E-state index in [2.05, 4.69) is 27.7 Å². The van der Waals surface area contributed by atoms with Gasteiger partial charge in [-0.15, -0.1) is 0 Å². The Morgan fingerprint density at radius 1 is 0.920 bits per heavy atom. The molecule has 0 spiro atoms. The van der Waals surface area contributed by atoms with E-state index in [4.69, 9.17) is 19.4 Å². The zero-order valence-corrected chi connectivity index (χ0v) is 16.8. The second-order valence-corrected chi connectivity index (χ2v) is 7.77. The molecule has 0 aromatic heterocycles. The second-order valence-electron chi connectivity index (χ2n) is 7.77. The molecule has 0 saturated carbocycles. The van der Waals surface area contributed by atoms with Crippen molar-refractivity contribution < 1.29 is 19.4 Å². The lowest BCUT2D eigenvalue weighted by Crippen LogP contribution is -2.64. The maximum atomic E-state index is 8.86. The highest BCUT2D eigenvalue weighted by Gasteiger charge is 2.54. The first-order chi connectivity index (χ1) is 12.1. The quantitative estimate of drug-likeness (QED) is 0.465. The maximum Gasteiger partial charge on any atom is 0.157 e. The van der Waals surface area contributed by atoms with Crippen molar-refractivity contribution in [3.63, 3.8) is 0 Å². The van der Waals surface area contributed by atoms with Gasteiger partial charge in [-0.3, -0.25) is 0 Å².